The Morgan fingerprint density at radius 1 is 1.06 bits per heavy atom. The molecule has 0 radical (unpaired) electrons. The van der Waals surface area contributed by atoms with Crippen LogP contribution in [0.1, 0.15) is 15.9 Å². The normalized spacial score (nSPS) is 12.2. The van der Waals surface area contributed by atoms with Crippen molar-refractivity contribution in [2.45, 2.75) is 6.18 Å². The van der Waals surface area contributed by atoms with Gasteiger partial charge in [0.2, 0.25) is 10.0 Å². The molecule has 0 bridgehead atoms. The first-order valence-corrected chi connectivity index (χ1v) is 11.8. The van der Waals surface area contributed by atoms with E-state index in [9.17, 15) is 26.4 Å². The Kier molecular flexibility index (Phi) is 5.86. The van der Waals surface area contributed by atoms with Gasteiger partial charge in [-0.25, -0.2) is 22.2 Å². The fourth-order valence-corrected chi connectivity index (χ4v) is 4.00. The van der Waals surface area contributed by atoms with Crippen LogP contribution in [0, 0.1) is 5.82 Å². The summed E-state index contributed by atoms with van der Waals surface area (Å²) < 4.78 is 80.1. The van der Waals surface area contributed by atoms with E-state index in [0.717, 1.165) is 24.5 Å². The number of sulfonamides is 1. The second-order valence-electron chi connectivity index (χ2n) is 7.37. The Labute approximate surface area is 195 Å². The van der Waals surface area contributed by atoms with E-state index in [-0.39, 0.29) is 22.5 Å². The number of hydrogen-bond donors (Lipinski definition) is 1. The largest absolute Gasteiger partial charge is 0.416 e. The summed E-state index contributed by atoms with van der Waals surface area (Å²) in [6.45, 7) is 0. The van der Waals surface area contributed by atoms with Crippen LogP contribution < -0.4 is 4.72 Å². The molecule has 0 spiro atoms. The van der Waals surface area contributed by atoms with E-state index in [1.807, 2.05) is 0 Å². The van der Waals surface area contributed by atoms with Gasteiger partial charge in [0.25, 0.3) is 5.91 Å². The Hall–Kier alpha value is -3.44. The first kappa shape index (κ1) is 23.7. The molecule has 1 heterocycles. The average Bonchev–Trinajstić information content (AvgIpc) is 3.10. The number of fused-ring (bicyclic) bond motifs is 1. The quantitative estimate of drug-likeness (QED) is 0.382. The third kappa shape index (κ3) is 4.75. The van der Waals surface area contributed by atoms with Gasteiger partial charge in [-0.05, 0) is 48.5 Å². The van der Waals surface area contributed by atoms with Gasteiger partial charge in [0.1, 0.15) is 17.2 Å². The van der Waals surface area contributed by atoms with E-state index >= 15 is 4.39 Å². The predicted octanol–water partition coefficient (Wildman–Crippen LogP) is 5.19. The van der Waals surface area contributed by atoms with E-state index in [1.54, 1.807) is 4.72 Å². The van der Waals surface area contributed by atoms with Crippen LogP contribution in [0.2, 0.25) is 5.02 Å². The molecule has 0 saturated heterocycles. The monoisotopic (exact) mass is 511 g/mol. The number of aromatic nitrogens is 2. The van der Waals surface area contributed by atoms with Crippen molar-refractivity contribution in [1.29, 1.82) is 0 Å². The lowest BCUT2D eigenvalue weighted by molar-refractivity contribution is -0.137. The molecule has 1 aromatic heterocycles. The topological polar surface area (TPSA) is 81.1 Å². The number of amides is 1. The minimum Gasteiger partial charge on any atom is -0.268 e. The molecule has 0 aliphatic heterocycles. The Morgan fingerprint density at radius 2 is 1.79 bits per heavy atom. The van der Waals surface area contributed by atoms with Crippen molar-refractivity contribution in [3.63, 3.8) is 0 Å². The van der Waals surface area contributed by atoms with Crippen molar-refractivity contribution in [2.75, 3.05) is 6.26 Å². The van der Waals surface area contributed by atoms with Crippen LogP contribution in [-0.2, 0) is 16.2 Å². The number of halogens is 5. The van der Waals surface area contributed by atoms with Crippen molar-refractivity contribution in [3.05, 3.63) is 82.6 Å². The first-order chi connectivity index (χ1) is 15.8. The molecule has 0 aliphatic rings. The van der Waals surface area contributed by atoms with Crippen molar-refractivity contribution in [2.24, 2.45) is 0 Å². The van der Waals surface area contributed by atoms with Crippen LogP contribution in [0.15, 0.2) is 60.7 Å². The summed E-state index contributed by atoms with van der Waals surface area (Å²) in [6.07, 6.45) is -3.79. The Balaban J connectivity index is 1.87. The van der Waals surface area contributed by atoms with E-state index in [2.05, 4.69) is 5.10 Å². The molecule has 0 unspecified atom stereocenters. The molecule has 176 valence electrons. The molecule has 1 N–H and O–H groups in total. The zero-order chi connectivity index (χ0) is 24.8. The molecule has 12 heteroatoms. The zero-order valence-electron chi connectivity index (χ0n) is 17.2. The molecule has 1 amide bonds. The summed E-state index contributed by atoms with van der Waals surface area (Å²) in [7, 11) is -3.85. The molecular formula is C22H14ClF4N3O3S. The fourth-order valence-electron chi connectivity index (χ4n) is 3.38. The average molecular weight is 512 g/mol. The van der Waals surface area contributed by atoms with Crippen molar-refractivity contribution in [1.82, 2.24) is 14.5 Å². The SMILES string of the molecule is CS(=O)(=O)NC(=O)c1ccc(-n2nc(-c3cccc(C(F)(F)F)c3)c3cc(Cl)ccc32)c(F)c1. The van der Waals surface area contributed by atoms with Crippen LogP contribution >= 0.6 is 11.6 Å². The van der Waals surface area contributed by atoms with E-state index < -0.39 is 33.5 Å². The lowest BCUT2D eigenvalue weighted by Crippen LogP contribution is -2.29. The molecule has 0 atom stereocenters. The molecular weight excluding hydrogens is 498 g/mol. The summed E-state index contributed by atoms with van der Waals surface area (Å²) in [6, 6.07) is 12.3. The lowest BCUT2D eigenvalue weighted by Gasteiger charge is -2.08. The van der Waals surface area contributed by atoms with Crippen LogP contribution in [0.4, 0.5) is 17.6 Å². The molecule has 6 nitrogen and oxygen atoms in total. The second kappa shape index (κ2) is 8.41. The number of benzene rings is 3. The van der Waals surface area contributed by atoms with Crippen LogP contribution in [0.5, 0.6) is 0 Å². The molecule has 4 rings (SSSR count). The maximum atomic E-state index is 15.0. The van der Waals surface area contributed by atoms with E-state index in [4.69, 9.17) is 11.6 Å². The van der Waals surface area contributed by atoms with Gasteiger partial charge in [0.05, 0.1) is 17.3 Å². The number of nitrogens with zero attached hydrogens (tertiary/aromatic N) is 2. The molecule has 0 aliphatic carbocycles. The number of alkyl halides is 3. The molecule has 34 heavy (non-hydrogen) atoms. The fraction of sp³-hybridized carbons (Fsp3) is 0.0909. The number of nitrogens with one attached hydrogen (secondary N) is 1. The van der Waals surface area contributed by atoms with Gasteiger partial charge in [-0.15, -0.1) is 0 Å². The molecule has 3 aromatic carbocycles. The van der Waals surface area contributed by atoms with Gasteiger partial charge in [0.15, 0.2) is 0 Å². The number of hydrogen-bond acceptors (Lipinski definition) is 4. The number of rotatable bonds is 4. The van der Waals surface area contributed by atoms with E-state index in [0.29, 0.717) is 15.9 Å². The maximum Gasteiger partial charge on any atom is 0.416 e. The Bertz CT molecular complexity index is 1550. The third-order valence-corrected chi connectivity index (χ3v) is 5.61. The molecule has 0 fully saturated rings. The third-order valence-electron chi connectivity index (χ3n) is 4.82. The molecule has 4 aromatic rings. The summed E-state index contributed by atoms with van der Waals surface area (Å²) in [5.74, 6) is -1.93. The lowest BCUT2D eigenvalue weighted by atomic mass is 10.0. The minimum absolute atomic E-state index is 0.110. The van der Waals surface area contributed by atoms with Crippen LogP contribution in [0.3, 0.4) is 0 Å². The van der Waals surface area contributed by atoms with Gasteiger partial charge < -0.3 is 0 Å². The minimum atomic E-state index is -4.57. The highest BCUT2D eigenvalue weighted by Gasteiger charge is 2.31. The van der Waals surface area contributed by atoms with E-state index in [1.165, 1.54) is 47.1 Å². The number of carbonyl (C=O) groups is 1. The summed E-state index contributed by atoms with van der Waals surface area (Å²) in [5.41, 5.74) is -0.593. The highest BCUT2D eigenvalue weighted by atomic mass is 35.5. The van der Waals surface area contributed by atoms with Gasteiger partial charge in [-0.1, -0.05) is 23.7 Å². The standard InChI is InChI=1S/C22H14ClF4N3O3S/c1-34(32,33)29-21(31)13-5-7-19(17(24)10-13)30-18-8-6-15(23)11-16(18)20(28-30)12-3-2-4-14(9-12)22(25,26)27/h2-11H,1H3,(H,29,31). The first-order valence-electron chi connectivity index (χ1n) is 9.51. The summed E-state index contributed by atoms with van der Waals surface area (Å²) in [4.78, 5) is 12.0. The van der Waals surface area contributed by atoms with Gasteiger partial charge >= 0.3 is 6.18 Å². The Morgan fingerprint density at radius 3 is 2.44 bits per heavy atom. The van der Waals surface area contributed by atoms with Crippen LogP contribution in [-0.4, -0.2) is 30.4 Å². The van der Waals surface area contributed by atoms with Crippen molar-refractivity contribution < 1.29 is 30.8 Å². The maximum absolute atomic E-state index is 15.0. The summed E-state index contributed by atoms with van der Waals surface area (Å²) >= 11 is 6.09. The van der Waals surface area contributed by atoms with Crippen LogP contribution in [0.25, 0.3) is 27.8 Å². The van der Waals surface area contributed by atoms with Crippen molar-refractivity contribution >= 4 is 38.4 Å². The highest BCUT2D eigenvalue weighted by Crippen LogP contribution is 2.36. The van der Waals surface area contributed by atoms with Gasteiger partial charge in [-0.3, -0.25) is 4.79 Å². The summed E-state index contributed by atoms with van der Waals surface area (Å²) in [5, 5.41) is 5.02. The number of carbonyl (C=O) groups excluding carboxylic acids is 1. The highest BCUT2D eigenvalue weighted by molar-refractivity contribution is 7.89. The van der Waals surface area contributed by atoms with Gasteiger partial charge in [-0.2, -0.15) is 18.3 Å². The molecule has 0 saturated carbocycles. The van der Waals surface area contributed by atoms with Crippen molar-refractivity contribution in [3.8, 4) is 16.9 Å². The smallest absolute Gasteiger partial charge is 0.268 e. The zero-order valence-corrected chi connectivity index (χ0v) is 18.8. The van der Waals surface area contributed by atoms with Gasteiger partial charge in [0, 0.05) is 21.5 Å². The predicted molar refractivity (Wildman–Crippen MR) is 119 cm³/mol. The second-order valence-corrected chi connectivity index (χ2v) is 9.55.